The molecule has 0 aliphatic rings. The second kappa shape index (κ2) is 4.18. The number of Topliss-reactive ketones (excluding diaryl/α,β-unsaturated/α-hetero) is 1. The van der Waals surface area contributed by atoms with E-state index in [2.05, 4.69) is 25.7 Å². The van der Waals surface area contributed by atoms with Crippen molar-refractivity contribution in [3.8, 4) is 5.75 Å². The number of halogens is 4. The van der Waals surface area contributed by atoms with E-state index >= 15 is 0 Å². The van der Waals surface area contributed by atoms with E-state index in [1.165, 1.54) is 0 Å². The molecule has 1 aromatic rings. The predicted molar refractivity (Wildman–Crippen MR) is 48.9 cm³/mol. The Labute approximate surface area is 91.4 Å². The van der Waals surface area contributed by atoms with Crippen molar-refractivity contribution in [2.75, 3.05) is 7.11 Å². The standard InChI is InChI=1S/C8H5BrF3NO2/c1-15-5-3-13-2-4(9)6(5)7(14)8(10,11)12/h2-3H,1H3. The highest BCUT2D eigenvalue weighted by atomic mass is 79.9. The smallest absolute Gasteiger partial charge is 0.455 e. The fourth-order valence-electron chi connectivity index (χ4n) is 0.934. The summed E-state index contributed by atoms with van der Waals surface area (Å²) in [6.45, 7) is 0. The molecule has 1 heterocycles. The van der Waals surface area contributed by atoms with E-state index in [1.807, 2.05) is 0 Å². The third kappa shape index (κ3) is 2.47. The van der Waals surface area contributed by atoms with E-state index in [0.717, 1.165) is 19.5 Å². The minimum absolute atomic E-state index is 0.0517. The van der Waals surface area contributed by atoms with Gasteiger partial charge in [0.25, 0.3) is 5.78 Å². The topological polar surface area (TPSA) is 39.2 Å². The van der Waals surface area contributed by atoms with Gasteiger partial charge in [0.2, 0.25) is 0 Å². The summed E-state index contributed by atoms with van der Waals surface area (Å²) in [5.74, 6) is -2.18. The van der Waals surface area contributed by atoms with Gasteiger partial charge in [0.1, 0.15) is 5.75 Å². The van der Waals surface area contributed by atoms with E-state index in [4.69, 9.17) is 0 Å². The Balaban J connectivity index is 3.30. The molecule has 3 nitrogen and oxygen atoms in total. The van der Waals surface area contributed by atoms with Crippen molar-refractivity contribution >= 4 is 21.7 Å². The quantitative estimate of drug-likeness (QED) is 0.783. The molecule has 0 spiro atoms. The number of pyridine rings is 1. The Morgan fingerprint density at radius 3 is 2.53 bits per heavy atom. The third-order valence-corrected chi connectivity index (χ3v) is 2.17. The number of hydrogen-bond donors (Lipinski definition) is 0. The summed E-state index contributed by atoms with van der Waals surface area (Å²) in [7, 11) is 1.16. The van der Waals surface area contributed by atoms with Crippen molar-refractivity contribution in [1.82, 2.24) is 4.98 Å². The van der Waals surface area contributed by atoms with E-state index in [-0.39, 0.29) is 10.2 Å². The summed E-state index contributed by atoms with van der Waals surface area (Å²) in [6, 6.07) is 0. The van der Waals surface area contributed by atoms with Gasteiger partial charge in [0.05, 0.1) is 23.3 Å². The average molecular weight is 284 g/mol. The van der Waals surface area contributed by atoms with Crippen LogP contribution in [-0.2, 0) is 0 Å². The number of carbonyl (C=O) groups excluding carboxylic acids is 1. The minimum atomic E-state index is -4.93. The molecule has 82 valence electrons. The zero-order valence-corrected chi connectivity index (χ0v) is 9.02. The van der Waals surface area contributed by atoms with Crippen molar-refractivity contribution in [2.45, 2.75) is 6.18 Å². The lowest BCUT2D eigenvalue weighted by molar-refractivity contribution is -0.0887. The summed E-state index contributed by atoms with van der Waals surface area (Å²) in [5, 5.41) is 0. The first kappa shape index (κ1) is 12.0. The number of aromatic nitrogens is 1. The van der Waals surface area contributed by atoms with Crippen LogP contribution < -0.4 is 4.74 Å². The van der Waals surface area contributed by atoms with Gasteiger partial charge in [-0.3, -0.25) is 9.78 Å². The van der Waals surface area contributed by atoms with Crippen LogP contribution in [0.1, 0.15) is 10.4 Å². The van der Waals surface area contributed by atoms with Gasteiger partial charge in [-0.25, -0.2) is 0 Å². The van der Waals surface area contributed by atoms with Crippen molar-refractivity contribution in [3.05, 3.63) is 22.4 Å². The second-order valence-corrected chi connectivity index (χ2v) is 3.38. The SMILES string of the molecule is COc1cncc(Br)c1C(=O)C(F)(F)F. The Morgan fingerprint density at radius 2 is 2.07 bits per heavy atom. The molecule has 0 N–H and O–H groups in total. The second-order valence-electron chi connectivity index (χ2n) is 2.53. The van der Waals surface area contributed by atoms with Crippen LogP contribution in [0.3, 0.4) is 0 Å². The van der Waals surface area contributed by atoms with Crippen LogP contribution in [-0.4, -0.2) is 24.1 Å². The van der Waals surface area contributed by atoms with E-state index in [0.29, 0.717) is 0 Å². The molecule has 1 rings (SSSR count). The van der Waals surface area contributed by atoms with Crippen LogP contribution >= 0.6 is 15.9 Å². The molecular weight excluding hydrogens is 279 g/mol. The average Bonchev–Trinajstić information content (AvgIpc) is 2.15. The minimum Gasteiger partial charge on any atom is -0.494 e. The van der Waals surface area contributed by atoms with Gasteiger partial charge in [0, 0.05) is 6.20 Å². The molecule has 1 aromatic heterocycles. The molecular formula is C8H5BrF3NO2. The van der Waals surface area contributed by atoms with Gasteiger partial charge in [-0.2, -0.15) is 13.2 Å². The number of ether oxygens (including phenoxy) is 1. The summed E-state index contributed by atoms with van der Waals surface area (Å²) in [5.41, 5.74) is -0.569. The Kier molecular flexibility index (Phi) is 3.33. The summed E-state index contributed by atoms with van der Waals surface area (Å²) in [6.07, 6.45) is -2.79. The van der Waals surface area contributed by atoms with Gasteiger partial charge >= 0.3 is 6.18 Å². The molecule has 0 bridgehead atoms. The van der Waals surface area contributed by atoms with Crippen molar-refractivity contribution < 1.29 is 22.7 Å². The van der Waals surface area contributed by atoms with Crippen molar-refractivity contribution in [1.29, 1.82) is 0 Å². The van der Waals surface area contributed by atoms with Crippen molar-refractivity contribution in [3.63, 3.8) is 0 Å². The van der Waals surface area contributed by atoms with Crippen LogP contribution in [0.25, 0.3) is 0 Å². The molecule has 0 aliphatic carbocycles. The van der Waals surface area contributed by atoms with E-state index in [9.17, 15) is 18.0 Å². The molecule has 0 radical (unpaired) electrons. The lowest BCUT2D eigenvalue weighted by Gasteiger charge is -2.10. The number of rotatable bonds is 2. The Hall–Kier alpha value is -1.11. The molecule has 7 heteroatoms. The highest BCUT2D eigenvalue weighted by Crippen LogP contribution is 2.31. The van der Waals surface area contributed by atoms with Gasteiger partial charge < -0.3 is 4.74 Å². The maximum absolute atomic E-state index is 12.2. The monoisotopic (exact) mass is 283 g/mol. The Morgan fingerprint density at radius 1 is 1.47 bits per heavy atom. The third-order valence-electron chi connectivity index (χ3n) is 1.57. The highest BCUT2D eigenvalue weighted by molar-refractivity contribution is 9.10. The molecule has 0 aromatic carbocycles. The normalized spacial score (nSPS) is 11.3. The lowest BCUT2D eigenvalue weighted by Crippen LogP contribution is -2.23. The predicted octanol–water partition coefficient (Wildman–Crippen LogP) is 2.60. The zero-order valence-electron chi connectivity index (χ0n) is 7.43. The number of ketones is 1. The van der Waals surface area contributed by atoms with Gasteiger partial charge in [0.15, 0.2) is 0 Å². The van der Waals surface area contributed by atoms with Gasteiger partial charge in [-0.15, -0.1) is 0 Å². The number of carbonyl (C=O) groups is 1. The molecule has 0 atom stereocenters. The molecule has 0 amide bonds. The van der Waals surface area contributed by atoms with Gasteiger partial charge in [-0.1, -0.05) is 0 Å². The van der Waals surface area contributed by atoms with Crippen LogP contribution in [0.4, 0.5) is 13.2 Å². The summed E-state index contributed by atoms with van der Waals surface area (Å²) >= 11 is 2.82. The first-order chi connectivity index (χ1) is 6.88. The zero-order chi connectivity index (χ0) is 11.6. The van der Waals surface area contributed by atoms with E-state index < -0.39 is 17.5 Å². The van der Waals surface area contributed by atoms with Crippen LogP contribution in [0, 0.1) is 0 Å². The van der Waals surface area contributed by atoms with Crippen molar-refractivity contribution in [2.24, 2.45) is 0 Å². The fraction of sp³-hybridized carbons (Fsp3) is 0.250. The van der Waals surface area contributed by atoms with Crippen LogP contribution in [0.15, 0.2) is 16.9 Å². The maximum atomic E-state index is 12.2. The number of alkyl halides is 3. The number of hydrogen-bond acceptors (Lipinski definition) is 3. The number of methoxy groups -OCH3 is 1. The van der Waals surface area contributed by atoms with Gasteiger partial charge in [-0.05, 0) is 15.9 Å². The summed E-state index contributed by atoms with van der Waals surface area (Å²) < 4.78 is 41.1. The summed E-state index contributed by atoms with van der Waals surface area (Å²) in [4.78, 5) is 14.6. The van der Waals surface area contributed by atoms with E-state index in [1.54, 1.807) is 0 Å². The van der Waals surface area contributed by atoms with Crippen LogP contribution in [0.2, 0.25) is 0 Å². The first-order valence-electron chi connectivity index (χ1n) is 3.67. The highest BCUT2D eigenvalue weighted by Gasteiger charge is 2.42. The number of nitrogens with zero attached hydrogens (tertiary/aromatic N) is 1. The largest absolute Gasteiger partial charge is 0.494 e. The van der Waals surface area contributed by atoms with Crippen LogP contribution in [0.5, 0.6) is 5.75 Å². The molecule has 15 heavy (non-hydrogen) atoms. The molecule has 0 saturated carbocycles. The fourth-order valence-corrected chi connectivity index (χ4v) is 1.43. The maximum Gasteiger partial charge on any atom is 0.455 e. The Bertz CT molecular complexity index is 392. The molecule has 0 saturated heterocycles. The molecule has 0 unspecified atom stereocenters. The first-order valence-corrected chi connectivity index (χ1v) is 4.46. The molecule has 0 fully saturated rings. The lowest BCUT2D eigenvalue weighted by atomic mass is 10.1. The molecule has 0 aliphatic heterocycles.